The first-order valence-corrected chi connectivity index (χ1v) is 9.64. The molecule has 1 aliphatic rings. The molecule has 1 aliphatic heterocycles. The van der Waals surface area contributed by atoms with E-state index in [9.17, 15) is 18.0 Å². The lowest BCUT2D eigenvalue weighted by Crippen LogP contribution is -2.50. The van der Waals surface area contributed by atoms with Crippen molar-refractivity contribution in [1.82, 2.24) is 14.2 Å². The second-order valence-corrected chi connectivity index (χ2v) is 7.95. The van der Waals surface area contributed by atoms with Crippen LogP contribution in [0.5, 0.6) is 0 Å². The number of nitrogens with zero attached hydrogens (tertiary/aromatic N) is 3. The van der Waals surface area contributed by atoms with Crippen LogP contribution in [0.4, 0.5) is 0 Å². The monoisotopic (exact) mass is 373 g/mol. The van der Waals surface area contributed by atoms with E-state index in [0.717, 1.165) is 0 Å². The van der Waals surface area contributed by atoms with Crippen molar-refractivity contribution in [1.29, 1.82) is 0 Å². The fourth-order valence-electron chi connectivity index (χ4n) is 2.82. The summed E-state index contributed by atoms with van der Waals surface area (Å²) >= 11 is 0. The number of carbonyl (C=O) groups excluding carboxylic acids is 2. The Balaban J connectivity index is 1.68. The topological polar surface area (TPSA) is 87.7 Å². The Morgan fingerprint density at radius 2 is 1.46 bits per heavy atom. The lowest BCUT2D eigenvalue weighted by molar-refractivity contribution is 0.0697. The van der Waals surface area contributed by atoms with Gasteiger partial charge in [0.2, 0.25) is 10.0 Å². The number of aromatic nitrogens is 1. The van der Waals surface area contributed by atoms with Gasteiger partial charge in [-0.2, -0.15) is 4.31 Å². The van der Waals surface area contributed by atoms with Crippen LogP contribution in [0.1, 0.15) is 27.6 Å². The summed E-state index contributed by atoms with van der Waals surface area (Å²) in [5.74, 6) is -0.243. The predicted octanol–water partition coefficient (Wildman–Crippen LogP) is 1.43. The fourth-order valence-corrected chi connectivity index (χ4v) is 4.24. The highest BCUT2D eigenvalue weighted by Gasteiger charge is 2.30. The Kier molecular flexibility index (Phi) is 5.15. The molecule has 0 unspecified atom stereocenters. The van der Waals surface area contributed by atoms with Crippen molar-refractivity contribution >= 4 is 21.7 Å². The molecule has 1 amide bonds. The molecule has 2 heterocycles. The summed E-state index contributed by atoms with van der Waals surface area (Å²) in [6.45, 7) is 2.54. The first-order chi connectivity index (χ1) is 12.4. The highest BCUT2D eigenvalue weighted by atomic mass is 32.2. The van der Waals surface area contributed by atoms with E-state index >= 15 is 0 Å². The molecule has 0 saturated carbocycles. The normalized spacial score (nSPS) is 15.7. The SMILES string of the molecule is CC(=O)c1ccc(S(=O)(=O)N2CCN(C(=O)c3ccncc3)CC2)cc1. The third-order valence-corrected chi connectivity index (χ3v) is 6.26. The summed E-state index contributed by atoms with van der Waals surface area (Å²) in [6.07, 6.45) is 3.11. The second kappa shape index (κ2) is 7.35. The number of piperazine rings is 1. The summed E-state index contributed by atoms with van der Waals surface area (Å²) < 4.78 is 26.9. The van der Waals surface area contributed by atoms with Crippen molar-refractivity contribution in [2.75, 3.05) is 26.2 Å². The largest absolute Gasteiger partial charge is 0.336 e. The predicted molar refractivity (Wildman–Crippen MR) is 95.3 cm³/mol. The molecule has 8 heteroatoms. The van der Waals surface area contributed by atoms with Crippen LogP contribution in [0.15, 0.2) is 53.7 Å². The molecular formula is C18H19N3O4S. The average Bonchev–Trinajstić information content (AvgIpc) is 2.68. The minimum absolute atomic E-state index is 0.114. The molecule has 0 N–H and O–H groups in total. The molecule has 136 valence electrons. The molecule has 2 aromatic rings. The van der Waals surface area contributed by atoms with Gasteiger partial charge in [-0.25, -0.2) is 8.42 Å². The number of hydrogen-bond donors (Lipinski definition) is 0. The van der Waals surface area contributed by atoms with Gasteiger partial charge in [0.15, 0.2) is 5.78 Å². The van der Waals surface area contributed by atoms with Crippen LogP contribution in [-0.4, -0.2) is 60.5 Å². The molecule has 1 aromatic heterocycles. The van der Waals surface area contributed by atoms with Gasteiger partial charge in [-0.3, -0.25) is 14.6 Å². The van der Waals surface area contributed by atoms with E-state index in [2.05, 4.69) is 4.98 Å². The highest BCUT2D eigenvalue weighted by Crippen LogP contribution is 2.19. The number of carbonyl (C=O) groups is 2. The zero-order chi connectivity index (χ0) is 18.7. The summed E-state index contributed by atoms with van der Waals surface area (Å²) in [7, 11) is -3.64. The van der Waals surface area contributed by atoms with E-state index in [1.807, 2.05) is 0 Å². The Hall–Kier alpha value is -2.58. The van der Waals surface area contributed by atoms with Gasteiger partial charge in [0.05, 0.1) is 4.90 Å². The van der Waals surface area contributed by atoms with Crippen LogP contribution in [0.3, 0.4) is 0 Å². The molecule has 3 rings (SSSR count). The maximum absolute atomic E-state index is 12.7. The van der Waals surface area contributed by atoms with Gasteiger partial charge in [-0.05, 0) is 31.2 Å². The van der Waals surface area contributed by atoms with Gasteiger partial charge in [-0.1, -0.05) is 12.1 Å². The molecule has 0 radical (unpaired) electrons. The number of benzene rings is 1. The number of sulfonamides is 1. The van der Waals surface area contributed by atoms with E-state index in [1.165, 1.54) is 35.5 Å². The molecular weight excluding hydrogens is 354 g/mol. The fraction of sp³-hybridized carbons (Fsp3) is 0.278. The van der Waals surface area contributed by atoms with Gasteiger partial charge in [0.25, 0.3) is 5.91 Å². The Labute approximate surface area is 152 Å². The van der Waals surface area contributed by atoms with Crippen molar-refractivity contribution in [3.63, 3.8) is 0 Å². The maximum atomic E-state index is 12.7. The van der Waals surface area contributed by atoms with Gasteiger partial charge in [0, 0.05) is 49.7 Å². The van der Waals surface area contributed by atoms with E-state index in [4.69, 9.17) is 0 Å². The number of ketones is 1. The van der Waals surface area contributed by atoms with Gasteiger partial charge < -0.3 is 4.90 Å². The second-order valence-electron chi connectivity index (χ2n) is 6.01. The molecule has 0 spiro atoms. The summed E-state index contributed by atoms with van der Waals surface area (Å²) in [5.41, 5.74) is 1.01. The minimum atomic E-state index is -3.64. The first-order valence-electron chi connectivity index (χ1n) is 8.20. The molecule has 1 aromatic carbocycles. The van der Waals surface area contributed by atoms with Crippen LogP contribution < -0.4 is 0 Å². The quantitative estimate of drug-likeness (QED) is 0.757. The molecule has 1 fully saturated rings. The number of rotatable bonds is 4. The number of hydrogen-bond acceptors (Lipinski definition) is 5. The van der Waals surface area contributed by atoms with Crippen LogP contribution in [-0.2, 0) is 10.0 Å². The number of Topliss-reactive ketones (excluding diaryl/α,β-unsaturated/α-hetero) is 1. The molecule has 0 aliphatic carbocycles. The van der Waals surface area contributed by atoms with E-state index < -0.39 is 10.0 Å². The maximum Gasteiger partial charge on any atom is 0.254 e. The van der Waals surface area contributed by atoms with Gasteiger partial charge in [-0.15, -0.1) is 0 Å². The summed E-state index contributed by atoms with van der Waals surface area (Å²) in [5, 5.41) is 0. The first kappa shape index (κ1) is 18.2. The zero-order valence-electron chi connectivity index (χ0n) is 14.3. The molecule has 26 heavy (non-hydrogen) atoms. The third kappa shape index (κ3) is 3.66. The lowest BCUT2D eigenvalue weighted by atomic mass is 10.2. The smallest absolute Gasteiger partial charge is 0.254 e. The van der Waals surface area contributed by atoms with Crippen LogP contribution in [0.25, 0.3) is 0 Å². The Bertz CT molecular complexity index is 903. The number of pyridine rings is 1. The number of amides is 1. The van der Waals surface area contributed by atoms with E-state index in [0.29, 0.717) is 24.2 Å². The Morgan fingerprint density at radius 3 is 2.00 bits per heavy atom. The summed E-state index contributed by atoms with van der Waals surface area (Å²) in [6, 6.07) is 9.20. The average molecular weight is 373 g/mol. The van der Waals surface area contributed by atoms with E-state index in [1.54, 1.807) is 29.4 Å². The highest BCUT2D eigenvalue weighted by molar-refractivity contribution is 7.89. The van der Waals surface area contributed by atoms with Crippen LogP contribution in [0.2, 0.25) is 0 Å². The van der Waals surface area contributed by atoms with Crippen molar-refractivity contribution in [3.8, 4) is 0 Å². The molecule has 7 nitrogen and oxygen atoms in total. The molecule has 0 atom stereocenters. The minimum Gasteiger partial charge on any atom is -0.336 e. The Morgan fingerprint density at radius 1 is 0.885 bits per heavy atom. The van der Waals surface area contributed by atoms with Crippen LogP contribution in [0, 0.1) is 0 Å². The lowest BCUT2D eigenvalue weighted by Gasteiger charge is -2.34. The third-order valence-electron chi connectivity index (χ3n) is 4.35. The van der Waals surface area contributed by atoms with Gasteiger partial charge in [0.1, 0.15) is 0 Å². The van der Waals surface area contributed by atoms with Crippen LogP contribution >= 0.6 is 0 Å². The molecule has 0 bridgehead atoms. The van der Waals surface area contributed by atoms with Crippen molar-refractivity contribution in [3.05, 3.63) is 59.9 Å². The molecule has 1 saturated heterocycles. The van der Waals surface area contributed by atoms with Crippen molar-refractivity contribution < 1.29 is 18.0 Å². The van der Waals surface area contributed by atoms with E-state index in [-0.39, 0.29) is 29.7 Å². The summed E-state index contributed by atoms with van der Waals surface area (Å²) in [4.78, 5) is 29.4. The standard InChI is InChI=1S/C18H19N3O4S/c1-14(22)15-2-4-17(5-3-15)26(24,25)21-12-10-20(11-13-21)18(23)16-6-8-19-9-7-16/h2-9H,10-13H2,1H3. The van der Waals surface area contributed by atoms with Crippen molar-refractivity contribution in [2.24, 2.45) is 0 Å². The van der Waals surface area contributed by atoms with Gasteiger partial charge >= 0.3 is 0 Å². The van der Waals surface area contributed by atoms with Crippen molar-refractivity contribution in [2.45, 2.75) is 11.8 Å². The zero-order valence-corrected chi connectivity index (χ0v) is 15.1.